The monoisotopic (exact) mass is 346 g/mol. The van der Waals surface area contributed by atoms with Gasteiger partial charge >= 0.3 is 5.97 Å². The fourth-order valence-corrected chi connectivity index (χ4v) is 2.87. The van der Waals surface area contributed by atoms with Gasteiger partial charge in [0.1, 0.15) is 5.78 Å². The molecule has 4 N–H and O–H groups in total. The summed E-state index contributed by atoms with van der Waals surface area (Å²) >= 11 is 0. The normalized spacial score (nSPS) is 36.0. The lowest BCUT2D eigenvalue weighted by Crippen LogP contribution is -2.24. The topological polar surface area (TPSA) is 115 Å². The van der Waals surface area contributed by atoms with Crippen LogP contribution in [0.25, 0.3) is 0 Å². The summed E-state index contributed by atoms with van der Waals surface area (Å²) in [6, 6.07) is 0. The third-order valence-corrected chi connectivity index (χ3v) is 4.14. The highest BCUT2D eigenvalue weighted by atomic mass is 16.4. The molecule has 1 aliphatic rings. The summed E-state index contributed by atoms with van der Waals surface area (Å²) < 4.78 is 30.9. The number of hydrogen-bond donors (Lipinski definition) is 4. The maximum Gasteiger partial charge on any atom is 0.303 e. The van der Waals surface area contributed by atoms with Crippen molar-refractivity contribution >= 4 is 11.8 Å². The number of carboxylic acids is 1. The van der Waals surface area contributed by atoms with Gasteiger partial charge in [0.2, 0.25) is 0 Å². The van der Waals surface area contributed by atoms with E-state index < -0.39 is 61.7 Å². The van der Waals surface area contributed by atoms with E-state index in [4.69, 9.17) is 10.6 Å². The first-order valence-electron chi connectivity index (χ1n) is 10.4. The zero-order chi connectivity index (χ0) is 21.6. The Morgan fingerprint density at radius 3 is 2.58 bits per heavy atom. The van der Waals surface area contributed by atoms with Crippen molar-refractivity contribution in [2.45, 2.75) is 76.5 Å². The van der Waals surface area contributed by atoms with Crippen LogP contribution in [-0.2, 0) is 9.59 Å². The third-order valence-electron chi connectivity index (χ3n) is 4.14. The zero-order valence-corrected chi connectivity index (χ0v) is 13.8. The largest absolute Gasteiger partial charge is 0.481 e. The number of ketones is 1. The Morgan fingerprint density at radius 1 is 1.25 bits per heavy atom. The Morgan fingerprint density at radius 2 is 1.96 bits per heavy atom. The summed E-state index contributed by atoms with van der Waals surface area (Å²) in [5.41, 5.74) is 0. The summed E-state index contributed by atoms with van der Waals surface area (Å²) in [4.78, 5) is 22.5. The summed E-state index contributed by atoms with van der Waals surface area (Å²) in [6.07, 6.45) is -5.88. The number of aliphatic hydroxyl groups excluding tert-OH is 3. The summed E-state index contributed by atoms with van der Waals surface area (Å²) in [5, 5.41) is 39.0. The Hall–Kier alpha value is -1.24. The maximum absolute atomic E-state index is 12.0. The van der Waals surface area contributed by atoms with Crippen molar-refractivity contribution in [2.24, 2.45) is 11.8 Å². The average molecular weight is 346 g/mol. The van der Waals surface area contributed by atoms with Gasteiger partial charge in [0, 0.05) is 36.6 Å². The molecule has 0 radical (unpaired) electrons. The SMILES string of the molecule is [2H]C(C)C([2H])C([2H])C([2H])[C@H](O)C=C[C@@H]1[C@@H](CC(=O)CCC(=O)O)[C@@H](O)C[C@H]1O. The molecule has 0 aromatic heterocycles. The first-order valence-corrected chi connectivity index (χ1v) is 8.10. The van der Waals surface area contributed by atoms with E-state index in [-0.39, 0.29) is 31.5 Å². The van der Waals surface area contributed by atoms with Crippen molar-refractivity contribution in [2.75, 3.05) is 0 Å². The quantitative estimate of drug-likeness (QED) is 0.423. The predicted octanol–water partition coefficient (Wildman–Crippen LogP) is 1.67. The van der Waals surface area contributed by atoms with Gasteiger partial charge in [0.25, 0.3) is 0 Å². The van der Waals surface area contributed by atoms with Crippen LogP contribution in [0.15, 0.2) is 12.2 Å². The number of carbonyl (C=O) groups excluding carboxylic acids is 1. The molecule has 0 aliphatic heterocycles. The molecule has 24 heavy (non-hydrogen) atoms. The number of aliphatic hydroxyl groups is 3. The molecule has 1 saturated carbocycles. The molecule has 1 aliphatic carbocycles. The molecule has 9 atom stereocenters. The fraction of sp³-hybridized carbons (Fsp3) is 0.778. The van der Waals surface area contributed by atoms with E-state index >= 15 is 0 Å². The van der Waals surface area contributed by atoms with Crippen molar-refractivity contribution in [3.8, 4) is 0 Å². The third kappa shape index (κ3) is 7.11. The van der Waals surface area contributed by atoms with E-state index in [0.29, 0.717) is 0 Å². The van der Waals surface area contributed by atoms with Gasteiger partial charge in [-0.25, -0.2) is 0 Å². The molecule has 0 bridgehead atoms. The van der Waals surface area contributed by atoms with Gasteiger partial charge in [-0.15, -0.1) is 0 Å². The second kappa shape index (κ2) is 10.6. The second-order valence-corrected chi connectivity index (χ2v) is 6.03. The molecule has 6 nitrogen and oxygen atoms in total. The molecule has 4 unspecified atom stereocenters. The zero-order valence-electron chi connectivity index (χ0n) is 17.8. The number of rotatable bonds is 11. The number of carbonyl (C=O) groups is 2. The maximum atomic E-state index is 12.0. The first kappa shape index (κ1) is 15.0. The Bertz CT molecular complexity index is 558. The van der Waals surface area contributed by atoms with Gasteiger partial charge < -0.3 is 20.4 Å². The number of aliphatic carboxylic acids is 1. The minimum absolute atomic E-state index is 0.0402. The summed E-state index contributed by atoms with van der Waals surface area (Å²) in [7, 11) is 0. The Balaban J connectivity index is 2.76. The lowest BCUT2D eigenvalue weighted by molar-refractivity contribution is -0.138. The molecule has 0 heterocycles. The predicted molar refractivity (Wildman–Crippen MR) is 89.4 cm³/mol. The molecule has 0 saturated heterocycles. The highest BCUT2D eigenvalue weighted by molar-refractivity contribution is 5.82. The smallest absolute Gasteiger partial charge is 0.303 e. The second-order valence-electron chi connectivity index (χ2n) is 6.03. The van der Waals surface area contributed by atoms with Crippen LogP contribution >= 0.6 is 0 Å². The molecule has 0 aromatic rings. The standard InChI is InChI=1S/C18H30O6/c1-2-3-4-5-12(19)6-8-14-15(17(22)11-16(14)21)10-13(20)7-9-18(23)24/h6,8,12,14-17,19,21-22H,2-5,7,9-11H2,1H3,(H,23,24)/t12-,14+,15+,16+,17-/m0/s1/i2D,3D,4D,5D/t2?,3?,4?,5?,12-,14+,15+,16+,17-. The fourth-order valence-electron chi connectivity index (χ4n) is 2.87. The van der Waals surface area contributed by atoms with E-state index in [2.05, 4.69) is 0 Å². The van der Waals surface area contributed by atoms with Crippen LogP contribution in [0.5, 0.6) is 0 Å². The van der Waals surface area contributed by atoms with Crippen LogP contribution in [0.1, 0.15) is 63.7 Å². The van der Waals surface area contributed by atoms with Gasteiger partial charge in [-0.3, -0.25) is 9.59 Å². The number of carboxylic acid groups (broad SMARTS) is 1. The van der Waals surface area contributed by atoms with E-state index in [0.717, 1.165) is 0 Å². The van der Waals surface area contributed by atoms with Crippen LogP contribution in [0.2, 0.25) is 0 Å². The van der Waals surface area contributed by atoms with Crippen molar-refractivity contribution in [3.63, 3.8) is 0 Å². The van der Waals surface area contributed by atoms with Gasteiger partial charge in [0.05, 0.1) is 24.7 Å². The molecule has 0 spiro atoms. The number of hydrogen-bond acceptors (Lipinski definition) is 5. The van der Waals surface area contributed by atoms with E-state index in [1.165, 1.54) is 19.1 Å². The molecule has 6 heteroatoms. The van der Waals surface area contributed by atoms with Gasteiger partial charge in [-0.05, 0) is 6.40 Å². The molecule has 0 amide bonds. The van der Waals surface area contributed by atoms with Gasteiger partial charge in [-0.2, -0.15) is 0 Å². The minimum Gasteiger partial charge on any atom is -0.481 e. The van der Waals surface area contributed by atoms with Crippen molar-refractivity contribution in [1.29, 1.82) is 0 Å². The summed E-state index contributed by atoms with van der Waals surface area (Å²) in [6.45, 7) is 1.44. The highest BCUT2D eigenvalue weighted by Crippen LogP contribution is 2.36. The number of Topliss-reactive ketones (excluding diaryl/α,β-unsaturated/α-hetero) is 1. The molecule has 1 fully saturated rings. The lowest BCUT2D eigenvalue weighted by atomic mass is 9.87. The first-order chi connectivity index (χ1) is 13.0. The van der Waals surface area contributed by atoms with E-state index in [9.17, 15) is 24.9 Å². The van der Waals surface area contributed by atoms with E-state index in [1.807, 2.05) is 0 Å². The molecule has 0 aromatic carbocycles. The van der Waals surface area contributed by atoms with Crippen LogP contribution in [-0.4, -0.2) is 50.5 Å². The summed E-state index contributed by atoms with van der Waals surface area (Å²) in [5.74, 6) is -2.73. The van der Waals surface area contributed by atoms with Crippen molar-refractivity contribution < 1.29 is 35.5 Å². The van der Waals surface area contributed by atoms with Crippen molar-refractivity contribution in [1.82, 2.24) is 0 Å². The van der Waals surface area contributed by atoms with Crippen LogP contribution in [0.4, 0.5) is 0 Å². The molecular weight excluding hydrogens is 312 g/mol. The average Bonchev–Trinajstić information content (AvgIpc) is 2.88. The van der Waals surface area contributed by atoms with Crippen LogP contribution in [0.3, 0.4) is 0 Å². The highest BCUT2D eigenvalue weighted by Gasteiger charge is 2.41. The van der Waals surface area contributed by atoms with Gasteiger partial charge in [0.15, 0.2) is 0 Å². The lowest BCUT2D eigenvalue weighted by Gasteiger charge is -2.20. The Labute approximate surface area is 148 Å². The van der Waals surface area contributed by atoms with E-state index in [1.54, 1.807) is 0 Å². The minimum atomic E-state index is -1.40. The van der Waals surface area contributed by atoms with Crippen LogP contribution < -0.4 is 0 Å². The van der Waals surface area contributed by atoms with Gasteiger partial charge in [-0.1, -0.05) is 38.3 Å². The van der Waals surface area contributed by atoms with Crippen molar-refractivity contribution in [3.05, 3.63) is 12.2 Å². The Kier molecular flexibility index (Phi) is 6.64. The van der Waals surface area contributed by atoms with Crippen LogP contribution in [0, 0.1) is 11.8 Å². The molecule has 1 rings (SSSR count). The molecular formula is C18H30O6. The molecule has 138 valence electrons.